The summed E-state index contributed by atoms with van der Waals surface area (Å²) in [5, 5.41) is 14.3. The topological polar surface area (TPSA) is 74.3 Å². The molecule has 0 bridgehead atoms. The zero-order valence-corrected chi connectivity index (χ0v) is 16.0. The van der Waals surface area contributed by atoms with E-state index in [-0.39, 0.29) is 12.2 Å². The van der Waals surface area contributed by atoms with E-state index in [0.717, 1.165) is 27.8 Å². The molecule has 3 rings (SSSR count). The second-order valence-corrected chi connectivity index (χ2v) is 7.08. The third kappa shape index (κ3) is 4.96. The molecule has 0 amide bonds. The van der Waals surface area contributed by atoms with Gasteiger partial charge in [0.05, 0.1) is 0 Å². The molecule has 1 atom stereocenters. The van der Waals surface area contributed by atoms with E-state index in [0.29, 0.717) is 18.7 Å². The van der Waals surface area contributed by atoms with E-state index < -0.39 is 6.10 Å². The molecule has 0 aliphatic rings. The van der Waals surface area contributed by atoms with Gasteiger partial charge in [-0.05, 0) is 55.5 Å². The lowest BCUT2D eigenvalue weighted by Gasteiger charge is -2.15. The van der Waals surface area contributed by atoms with Crippen molar-refractivity contribution in [3.63, 3.8) is 0 Å². The van der Waals surface area contributed by atoms with Crippen LogP contribution >= 0.6 is 0 Å². The van der Waals surface area contributed by atoms with E-state index in [1.54, 1.807) is 0 Å². The van der Waals surface area contributed by atoms with Crippen molar-refractivity contribution >= 4 is 10.9 Å². The van der Waals surface area contributed by atoms with Crippen LogP contribution in [0.5, 0.6) is 5.75 Å². The Labute approximate surface area is 159 Å². The number of rotatable bonds is 7. The average Bonchev–Trinajstić information content (AvgIpc) is 2.61. The van der Waals surface area contributed by atoms with Crippen LogP contribution in [0.25, 0.3) is 10.9 Å². The van der Waals surface area contributed by atoms with Gasteiger partial charge in [0.2, 0.25) is 0 Å². The third-order valence-corrected chi connectivity index (χ3v) is 4.54. The van der Waals surface area contributed by atoms with Gasteiger partial charge in [-0.25, -0.2) is 0 Å². The lowest BCUT2D eigenvalue weighted by Crippen LogP contribution is -2.32. The molecule has 0 saturated carbocycles. The molecule has 1 heterocycles. The monoisotopic (exact) mass is 366 g/mol. The number of aliphatic hydroxyl groups is 1. The molecule has 27 heavy (non-hydrogen) atoms. The fraction of sp³-hybridized carbons (Fsp3) is 0.318. The first-order chi connectivity index (χ1) is 12.9. The first kappa shape index (κ1) is 19.1. The number of aliphatic hydroxyl groups excluding tert-OH is 1. The summed E-state index contributed by atoms with van der Waals surface area (Å²) in [7, 11) is 0. The Bertz CT molecular complexity index is 995. The maximum Gasteiger partial charge on any atom is 0.252 e. The SMILES string of the molecule is Cc1ccc(OC[C@H](O)CNCc2cc3ccc(C)cc3[nH]c2=O)c(C)c1. The van der Waals surface area contributed by atoms with Crippen LogP contribution in [0.1, 0.15) is 22.3 Å². The number of hydrogen-bond donors (Lipinski definition) is 3. The number of hydrogen-bond acceptors (Lipinski definition) is 4. The highest BCUT2D eigenvalue weighted by atomic mass is 16.5. The summed E-state index contributed by atoms with van der Waals surface area (Å²) in [6.07, 6.45) is -0.659. The number of nitrogens with one attached hydrogen (secondary N) is 2. The van der Waals surface area contributed by atoms with Gasteiger partial charge in [-0.15, -0.1) is 0 Å². The van der Waals surface area contributed by atoms with E-state index in [2.05, 4.69) is 10.3 Å². The van der Waals surface area contributed by atoms with Crippen molar-refractivity contribution < 1.29 is 9.84 Å². The number of pyridine rings is 1. The summed E-state index contributed by atoms with van der Waals surface area (Å²) in [4.78, 5) is 15.1. The van der Waals surface area contributed by atoms with Gasteiger partial charge in [0, 0.05) is 24.2 Å². The minimum Gasteiger partial charge on any atom is -0.491 e. The normalized spacial score (nSPS) is 12.3. The first-order valence-corrected chi connectivity index (χ1v) is 9.14. The molecule has 5 nitrogen and oxygen atoms in total. The number of benzene rings is 2. The lowest BCUT2D eigenvalue weighted by atomic mass is 10.1. The molecule has 1 aromatic heterocycles. The molecule has 0 aliphatic carbocycles. The van der Waals surface area contributed by atoms with Crippen LogP contribution in [0.3, 0.4) is 0 Å². The number of H-pyrrole nitrogens is 1. The fourth-order valence-corrected chi connectivity index (χ4v) is 3.07. The molecule has 0 unspecified atom stereocenters. The highest BCUT2D eigenvalue weighted by molar-refractivity contribution is 5.79. The van der Waals surface area contributed by atoms with E-state index >= 15 is 0 Å². The molecule has 2 aromatic carbocycles. The van der Waals surface area contributed by atoms with Crippen molar-refractivity contribution in [2.75, 3.05) is 13.2 Å². The minimum absolute atomic E-state index is 0.110. The van der Waals surface area contributed by atoms with Crippen LogP contribution < -0.4 is 15.6 Å². The maximum atomic E-state index is 12.2. The van der Waals surface area contributed by atoms with Crippen LogP contribution in [0.4, 0.5) is 0 Å². The summed E-state index contributed by atoms with van der Waals surface area (Å²) in [5.41, 5.74) is 4.71. The number of aromatic nitrogens is 1. The Morgan fingerprint density at radius 3 is 2.59 bits per heavy atom. The molecule has 0 fully saturated rings. The van der Waals surface area contributed by atoms with Crippen LogP contribution in [0, 0.1) is 20.8 Å². The van der Waals surface area contributed by atoms with Gasteiger partial charge in [-0.2, -0.15) is 0 Å². The average molecular weight is 366 g/mol. The van der Waals surface area contributed by atoms with Crippen molar-refractivity contribution in [2.45, 2.75) is 33.4 Å². The lowest BCUT2D eigenvalue weighted by molar-refractivity contribution is 0.106. The van der Waals surface area contributed by atoms with E-state index in [1.807, 2.05) is 63.2 Å². The summed E-state index contributed by atoms with van der Waals surface area (Å²) in [5.74, 6) is 0.779. The van der Waals surface area contributed by atoms with E-state index in [1.165, 1.54) is 5.56 Å². The summed E-state index contributed by atoms with van der Waals surface area (Å²) >= 11 is 0. The van der Waals surface area contributed by atoms with Crippen LogP contribution in [-0.2, 0) is 6.54 Å². The van der Waals surface area contributed by atoms with E-state index in [9.17, 15) is 9.90 Å². The fourth-order valence-electron chi connectivity index (χ4n) is 3.07. The van der Waals surface area contributed by atoms with Gasteiger partial charge < -0.3 is 20.1 Å². The molecule has 0 spiro atoms. The Balaban J connectivity index is 1.53. The molecule has 3 N–H and O–H groups in total. The Morgan fingerprint density at radius 2 is 1.81 bits per heavy atom. The smallest absolute Gasteiger partial charge is 0.252 e. The highest BCUT2D eigenvalue weighted by Crippen LogP contribution is 2.18. The first-order valence-electron chi connectivity index (χ1n) is 9.14. The van der Waals surface area contributed by atoms with Crippen molar-refractivity contribution in [3.05, 3.63) is 75.1 Å². The van der Waals surface area contributed by atoms with Gasteiger partial charge >= 0.3 is 0 Å². The number of fused-ring (bicyclic) bond motifs is 1. The second kappa shape index (κ2) is 8.37. The Hall–Kier alpha value is -2.63. The highest BCUT2D eigenvalue weighted by Gasteiger charge is 2.08. The maximum absolute atomic E-state index is 12.2. The van der Waals surface area contributed by atoms with Crippen molar-refractivity contribution in [3.8, 4) is 5.75 Å². The summed E-state index contributed by atoms with van der Waals surface area (Å²) in [6, 6.07) is 13.8. The zero-order chi connectivity index (χ0) is 19.4. The van der Waals surface area contributed by atoms with Gasteiger partial charge in [-0.1, -0.05) is 29.8 Å². The van der Waals surface area contributed by atoms with E-state index in [4.69, 9.17) is 4.74 Å². The van der Waals surface area contributed by atoms with Crippen LogP contribution in [-0.4, -0.2) is 29.3 Å². The molecule has 3 aromatic rings. The number of ether oxygens (including phenoxy) is 1. The van der Waals surface area contributed by atoms with Gasteiger partial charge in [0.25, 0.3) is 5.56 Å². The second-order valence-electron chi connectivity index (χ2n) is 7.08. The molecule has 0 aliphatic heterocycles. The molecule has 0 radical (unpaired) electrons. The van der Waals surface area contributed by atoms with Crippen molar-refractivity contribution in [1.29, 1.82) is 0 Å². The number of aromatic amines is 1. The van der Waals surface area contributed by atoms with Gasteiger partial charge in [0.15, 0.2) is 0 Å². The predicted octanol–water partition coefficient (Wildman–Crippen LogP) is 2.98. The molecular weight excluding hydrogens is 340 g/mol. The molecule has 0 saturated heterocycles. The largest absolute Gasteiger partial charge is 0.491 e. The molecular formula is C22H26N2O3. The predicted molar refractivity (Wildman–Crippen MR) is 108 cm³/mol. The standard InChI is InChI=1S/C22H26N2O3/c1-14-5-7-21(16(3)8-14)27-13-19(25)12-23-11-18-10-17-6-4-15(2)9-20(17)24-22(18)26/h4-10,19,23,25H,11-13H2,1-3H3,(H,24,26)/t19-/m1/s1. The minimum atomic E-state index is -0.659. The quantitative estimate of drug-likeness (QED) is 0.601. The zero-order valence-electron chi connectivity index (χ0n) is 16.0. The number of aryl methyl sites for hydroxylation is 3. The van der Waals surface area contributed by atoms with Crippen LogP contribution in [0.2, 0.25) is 0 Å². The van der Waals surface area contributed by atoms with Crippen molar-refractivity contribution in [1.82, 2.24) is 10.3 Å². The van der Waals surface area contributed by atoms with Crippen LogP contribution in [0.15, 0.2) is 47.3 Å². The molecule has 142 valence electrons. The van der Waals surface area contributed by atoms with Gasteiger partial charge in [-0.3, -0.25) is 4.79 Å². The third-order valence-electron chi connectivity index (χ3n) is 4.54. The summed E-state index contributed by atoms with van der Waals surface area (Å²) in [6.45, 7) is 6.95. The molecule has 5 heteroatoms. The summed E-state index contributed by atoms with van der Waals surface area (Å²) < 4.78 is 5.69. The Kier molecular flexibility index (Phi) is 5.94. The van der Waals surface area contributed by atoms with Gasteiger partial charge in [0.1, 0.15) is 18.5 Å². The Morgan fingerprint density at radius 1 is 1.07 bits per heavy atom. The van der Waals surface area contributed by atoms with Crippen molar-refractivity contribution in [2.24, 2.45) is 0 Å².